The number of aromatic nitrogens is 2. The topological polar surface area (TPSA) is 338 Å². The molecule has 12 N–H and O–H groups in total. The number of hydrogen-bond donors (Lipinski definition) is 9. The highest BCUT2D eigenvalue weighted by molar-refractivity contribution is 7.47. The summed E-state index contributed by atoms with van der Waals surface area (Å²) in [6.45, 7) is 1.27. The SMILES string of the molecule is CCCCCCN(N)/C1=C(\N)c2ccccc2N(C(=O)CCC(=O)NCCCCC(CO)COP(=O)(O)OC(C(COP(=O)(O)O)OC)C(O)n2ccc(N)nc2=O)Cc2ccccc21. The number of methoxy groups -OCH3 is 1. The van der Waals surface area contributed by atoms with Crippen molar-refractivity contribution in [3.8, 4) is 0 Å². The van der Waals surface area contributed by atoms with Gasteiger partial charge in [0.15, 0.2) is 6.23 Å². The summed E-state index contributed by atoms with van der Waals surface area (Å²) in [5, 5.41) is 25.4. The molecule has 4 rings (SSSR count). The van der Waals surface area contributed by atoms with Gasteiger partial charge in [0.05, 0.1) is 36.8 Å². The van der Waals surface area contributed by atoms with E-state index in [1.54, 1.807) is 9.91 Å². The van der Waals surface area contributed by atoms with E-state index in [4.69, 9.17) is 31.1 Å². The maximum atomic E-state index is 13.9. The number of phosphoric acid groups is 2. The van der Waals surface area contributed by atoms with Crippen LogP contribution in [0.4, 0.5) is 11.5 Å². The third kappa shape index (κ3) is 16.1. The van der Waals surface area contributed by atoms with Gasteiger partial charge in [-0.25, -0.2) is 19.8 Å². The smallest absolute Gasteiger partial charge is 0.396 e. The number of nitrogens with one attached hydrogen (secondary N) is 1. The Bertz CT molecular complexity index is 2230. The number of nitrogens with two attached hydrogens (primary N) is 3. The number of aliphatic hydroxyl groups is 2. The second kappa shape index (κ2) is 25.4. The Morgan fingerprint density at radius 2 is 1.65 bits per heavy atom. The first-order valence-electron chi connectivity index (χ1n) is 21.2. The molecule has 0 spiro atoms. The zero-order valence-corrected chi connectivity index (χ0v) is 38.3. The minimum Gasteiger partial charge on any atom is -0.396 e. The highest BCUT2D eigenvalue weighted by atomic mass is 31.2. The number of phosphoric ester groups is 2. The molecule has 5 unspecified atom stereocenters. The van der Waals surface area contributed by atoms with Crippen molar-refractivity contribution in [2.24, 2.45) is 17.5 Å². The van der Waals surface area contributed by atoms with Gasteiger partial charge in [-0.15, -0.1) is 0 Å². The van der Waals surface area contributed by atoms with E-state index in [0.717, 1.165) is 56.2 Å². The van der Waals surface area contributed by atoms with E-state index in [0.29, 0.717) is 46.6 Å². The molecule has 5 atom stereocenters. The fourth-order valence-corrected chi connectivity index (χ4v) is 8.47. The predicted octanol–water partition coefficient (Wildman–Crippen LogP) is 2.71. The van der Waals surface area contributed by atoms with E-state index in [1.165, 1.54) is 0 Å². The van der Waals surface area contributed by atoms with Crippen LogP contribution in [0.3, 0.4) is 0 Å². The Hall–Kier alpha value is -4.54. The number of aliphatic hydroxyl groups excluding tert-OH is 2. The van der Waals surface area contributed by atoms with Gasteiger partial charge in [0, 0.05) is 62.9 Å². The Morgan fingerprint density at radius 1 is 0.938 bits per heavy atom. The maximum absolute atomic E-state index is 13.9. The first-order chi connectivity index (χ1) is 30.9. The van der Waals surface area contributed by atoms with E-state index in [-0.39, 0.29) is 50.0 Å². The highest BCUT2D eigenvalue weighted by Gasteiger charge is 2.40. The van der Waals surface area contributed by atoms with Crippen LogP contribution in [0.15, 0.2) is 65.6 Å². The molecule has 24 heteroatoms. The Labute approximate surface area is 377 Å². The van der Waals surface area contributed by atoms with E-state index in [1.807, 2.05) is 48.5 Å². The number of carbonyl (C=O) groups is 2. The van der Waals surface area contributed by atoms with Gasteiger partial charge in [-0.3, -0.25) is 27.7 Å². The van der Waals surface area contributed by atoms with Crippen LogP contribution in [-0.4, -0.2) is 103 Å². The summed E-state index contributed by atoms with van der Waals surface area (Å²) in [5.74, 6) is 5.14. The zero-order chi connectivity index (χ0) is 47.7. The number of nitrogens with zero attached hydrogens (tertiary/aromatic N) is 4. The maximum Gasteiger partial charge on any atom is 0.472 e. The summed E-state index contributed by atoms with van der Waals surface area (Å²) in [7, 11) is -9.21. The number of benzene rings is 2. The molecule has 2 aromatic carbocycles. The van der Waals surface area contributed by atoms with Crippen molar-refractivity contribution in [1.29, 1.82) is 0 Å². The van der Waals surface area contributed by atoms with Crippen LogP contribution in [0.1, 0.15) is 87.6 Å². The number of para-hydroxylation sites is 1. The third-order valence-corrected chi connectivity index (χ3v) is 12.1. The molecule has 1 aromatic heterocycles. The summed E-state index contributed by atoms with van der Waals surface area (Å²) < 4.78 is 44.9. The number of hydrazine groups is 1. The first-order valence-corrected chi connectivity index (χ1v) is 24.2. The molecular weight excluding hydrogens is 890 g/mol. The van der Waals surface area contributed by atoms with Crippen LogP contribution < -0.4 is 33.2 Å². The molecule has 2 amide bonds. The molecule has 0 saturated heterocycles. The molecule has 0 fully saturated rings. The number of nitrogen functional groups attached to an aromatic ring is 1. The predicted molar refractivity (Wildman–Crippen MR) is 240 cm³/mol. The zero-order valence-electron chi connectivity index (χ0n) is 36.5. The number of rotatable bonds is 27. The van der Waals surface area contributed by atoms with Crippen molar-refractivity contribution < 1.29 is 61.9 Å². The number of fused-ring (bicyclic) bond motifs is 2. The minimum atomic E-state index is -5.15. The lowest BCUT2D eigenvalue weighted by atomic mass is 9.95. The van der Waals surface area contributed by atoms with Crippen LogP contribution in [0.2, 0.25) is 0 Å². The second-order valence-corrected chi connectivity index (χ2v) is 18.1. The van der Waals surface area contributed by atoms with Crippen LogP contribution >= 0.6 is 15.6 Å². The largest absolute Gasteiger partial charge is 0.472 e. The van der Waals surface area contributed by atoms with Crippen molar-refractivity contribution in [2.75, 3.05) is 50.7 Å². The Balaban J connectivity index is 1.30. The van der Waals surface area contributed by atoms with Gasteiger partial charge in [0.25, 0.3) is 0 Å². The van der Waals surface area contributed by atoms with E-state index in [9.17, 15) is 48.4 Å². The van der Waals surface area contributed by atoms with Gasteiger partial charge in [-0.1, -0.05) is 75.1 Å². The second-order valence-electron chi connectivity index (χ2n) is 15.4. The average Bonchev–Trinajstić information content (AvgIpc) is 3.26. The van der Waals surface area contributed by atoms with Crippen molar-refractivity contribution in [2.45, 2.75) is 89.7 Å². The number of hydrogen-bond acceptors (Lipinski definition) is 16. The summed E-state index contributed by atoms with van der Waals surface area (Å²) >= 11 is 0. The lowest BCUT2D eigenvalue weighted by Crippen LogP contribution is -2.44. The van der Waals surface area contributed by atoms with Gasteiger partial charge in [-0.2, -0.15) is 4.98 Å². The van der Waals surface area contributed by atoms with Crippen molar-refractivity contribution in [3.05, 3.63) is 88.0 Å². The first kappa shape index (κ1) is 53.1. The number of carbonyl (C=O) groups excluding carboxylic acids is 2. The summed E-state index contributed by atoms with van der Waals surface area (Å²) in [5.41, 5.74) is 15.3. The summed E-state index contributed by atoms with van der Waals surface area (Å²) in [6, 6.07) is 16.1. The molecule has 0 saturated carbocycles. The lowest BCUT2D eigenvalue weighted by Gasteiger charge is -2.33. The molecule has 2 heterocycles. The third-order valence-electron chi connectivity index (χ3n) is 10.6. The van der Waals surface area contributed by atoms with Crippen molar-refractivity contribution in [3.63, 3.8) is 0 Å². The van der Waals surface area contributed by atoms with E-state index >= 15 is 0 Å². The number of ether oxygens (including phenoxy) is 1. The van der Waals surface area contributed by atoms with E-state index in [2.05, 4.69) is 21.7 Å². The Morgan fingerprint density at radius 3 is 2.32 bits per heavy atom. The van der Waals surface area contributed by atoms with Crippen molar-refractivity contribution >= 4 is 50.4 Å². The van der Waals surface area contributed by atoms with Crippen LogP contribution in [0.5, 0.6) is 0 Å². The number of unbranched alkanes of at least 4 members (excludes halogenated alkanes) is 4. The quantitative estimate of drug-likeness (QED) is 0.0229. The van der Waals surface area contributed by atoms with Crippen LogP contribution in [0, 0.1) is 5.92 Å². The van der Waals surface area contributed by atoms with Crippen molar-refractivity contribution in [1.82, 2.24) is 19.9 Å². The molecule has 0 bridgehead atoms. The van der Waals surface area contributed by atoms with Gasteiger partial charge in [0.2, 0.25) is 11.8 Å². The fraction of sp³-hybridized carbons (Fsp3) is 0.512. The monoisotopic (exact) mass is 952 g/mol. The Kier molecular flexibility index (Phi) is 20.7. The fourth-order valence-electron chi connectivity index (χ4n) is 7.11. The lowest BCUT2D eigenvalue weighted by molar-refractivity contribution is -0.125. The van der Waals surface area contributed by atoms with Gasteiger partial charge >= 0.3 is 21.3 Å². The molecule has 22 nitrogen and oxygen atoms in total. The molecule has 0 aliphatic carbocycles. The molecule has 0 radical (unpaired) electrons. The highest BCUT2D eigenvalue weighted by Crippen LogP contribution is 2.48. The van der Waals surface area contributed by atoms with E-state index < -0.39 is 65.5 Å². The minimum absolute atomic E-state index is 0.0835. The normalized spacial score (nSPS) is 16.8. The van der Waals surface area contributed by atoms with Gasteiger partial charge in [-0.05, 0) is 37.0 Å². The molecule has 1 aliphatic rings. The molecular formula is C41H62N8O14P2. The van der Waals surface area contributed by atoms with Crippen LogP contribution in [-0.2, 0) is 43.6 Å². The number of anilines is 2. The number of amides is 2. The molecule has 1 aliphatic heterocycles. The standard InChI is InChI=1S/C41H62N8O14P2/c1-3-4-5-12-22-49(44)38-30-15-7-6-14-29(30)24-48(32-17-9-8-16-31(32)37(38)43)36(52)19-18-35(51)45-21-11-10-13-28(25-50)26-62-65(58,59)63-39(33(60-2)27-61-64(55,56)57)40(53)47-23-20-34(42)46-41(47)54/h6-9,14-17,20,23,28,33,39-40,50,53H,3-5,10-13,18-19,21-22,24-27,43-44H2,1-2H3,(H,45,51)(H,58,59)(H2,42,46,54)(H2,55,56,57)/b38-37-. The van der Waals surface area contributed by atoms with Gasteiger partial charge < -0.3 is 56.3 Å². The van der Waals surface area contributed by atoms with Gasteiger partial charge in [0.1, 0.15) is 18.0 Å². The molecule has 65 heavy (non-hydrogen) atoms. The molecule has 3 aromatic rings. The average molecular weight is 953 g/mol. The molecule has 360 valence electrons. The summed E-state index contributed by atoms with van der Waals surface area (Å²) in [6.07, 6.45) is 0.337. The van der Waals surface area contributed by atoms with Crippen LogP contribution in [0.25, 0.3) is 11.4 Å². The summed E-state index contributed by atoms with van der Waals surface area (Å²) in [4.78, 5) is 73.3.